The van der Waals surface area contributed by atoms with Crippen molar-refractivity contribution in [3.05, 3.63) is 86.8 Å². The lowest BCUT2D eigenvalue weighted by molar-refractivity contribution is -0.137. The molecule has 2 fully saturated rings. The number of rotatable bonds is 14. The normalized spacial score (nSPS) is 16.4. The van der Waals surface area contributed by atoms with Crippen molar-refractivity contribution >= 4 is 57.9 Å². The smallest absolute Gasteiger partial charge is 0.416 e. The maximum absolute atomic E-state index is 13.6. The fraction of sp³-hybridized carbons (Fsp3) is 0.361. The average Bonchev–Trinajstić information content (AvgIpc) is 3.35. The number of halogens is 4. The van der Waals surface area contributed by atoms with Gasteiger partial charge in [0.1, 0.15) is 22.4 Å². The van der Waals surface area contributed by atoms with Crippen LogP contribution < -0.4 is 9.47 Å². The van der Waals surface area contributed by atoms with Crippen LogP contribution in [0.15, 0.2) is 59.5 Å². The third-order valence-corrected chi connectivity index (χ3v) is 9.87. The second-order valence-corrected chi connectivity index (χ2v) is 14.2. The zero-order valence-corrected chi connectivity index (χ0v) is 30.4. The third kappa shape index (κ3) is 10.2. The number of alkyl halides is 3. The monoisotopic (exact) mass is 763 g/mol. The fourth-order valence-electron chi connectivity index (χ4n) is 5.44. The number of nitrogens with zero attached hydrogens (tertiary/aromatic N) is 3. The van der Waals surface area contributed by atoms with Gasteiger partial charge in [0.25, 0.3) is 5.91 Å². The first-order valence-corrected chi connectivity index (χ1v) is 17.7. The van der Waals surface area contributed by atoms with Crippen molar-refractivity contribution in [2.75, 3.05) is 66.7 Å². The van der Waals surface area contributed by atoms with E-state index in [1.54, 1.807) is 36.4 Å². The number of hydrogen-bond donors (Lipinski definition) is 1. The third-order valence-electron chi connectivity index (χ3n) is 8.16. The highest BCUT2D eigenvalue weighted by atomic mass is 35.5. The van der Waals surface area contributed by atoms with E-state index in [9.17, 15) is 27.9 Å². The van der Waals surface area contributed by atoms with Crippen molar-refractivity contribution in [2.24, 2.45) is 0 Å². The van der Waals surface area contributed by atoms with Gasteiger partial charge in [0.05, 0.1) is 35.9 Å². The van der Waals surface area contributed by atoms with E-state index in [0.717, 1.165) is 42.5 Å². The first kappa shape index (κ1) is 38.6. The minimum atomic E-state index is -4.55. The van der Waals surface area contributed by atoms with Crippen molar-refractivity contribution in [1.82, 2.24) is 14.7 Å². The van der Waals surface area contributed by atoms with E-state index in [1.807, 2.05) is 19.0 Å². The van der Waals surface area contributed by atoms with Gasteiger partial charge in [-0.05, 0) is 80.7 Å². The van der Waals surface area contributed by atoms with E-state index in [4.69, 9.17) is 38.0 Å². The van der Waals surface area contributed by atoms with Crippen LogP contribution in [0.3, 0.4) is 0 Å². The van der Waals surface area contributed by atoms with Gasteiger partial charge in [-0.25, -0.2) is 4.79 Å². The maximum Gasteiger partial charge on any atom is 0.416 e. The molecule has 51 heavy (non-hydrogen) atoms. The number of aromatic carboxylic acids is 1. The molecule has 1 N–H and O–H groups in total. The molecule has 1 amide bonds. The molecule has 2 heterocycles. The highest BCUT2D eigenvalue weighted by molar-refractivity contribution is 8.26. The van der Waals surface area contributed by atoms with Gasteiger partial charge in [-0.1, -0.05) is 41.6 Å². The van der Waals surface area contributed by atoms with Crippen molar-refractivity contribution in [3.63, 3.8) is 0 Å². The first-order chi connectivity index (χ1) is 24.3. The Kier molecular flexibility index (Phi) is 13.0. The summed E-state index contributed by atoms with van der Waals surface area (Å²) in [7, 11) is 3.80. The molecule has 2 saturated heterocycles. The summed E-state index contributed by atoms with van der Waals surface area (Å²) in [5.41, 5.74) is 1.20. The lowest BCUT2D eigenvalue weighted by Gasteiger charge is -2.27. The van der Waals surface area contributed by atoms with Crippen LogP contribution in [0.2, 0.25) is 5.02 Å². The van der Waals surface area contributed by atoms with E-state index in [-0.39, 0.29) is 35.2 Å². The lowest BCUT2D eigenvalue weighted by Crippen LogP contribution is -2.35. The molecule has 0 saturated carbocycles. The van der Waals surface area contributed by atoms with Crippen LogP contribution in [0, 0.1) is 0 Å². The number of morpholine rings is 1. The Morgan fingerprint density at radius 3 is 2.49 bits per heavy atom. The Morgan fingerprint density at radius 1 is 1.06 bits per heavy atom. The van der Waals surface area contributed by atoms with Crippen LogP contribution in [-0.4, -0.2) is 103 Å². The molecule has 0 aromatic heterocycles. The van der Waals surface area contributed by atoms with Crippen molar-refractivity contribution in [2.45, 2.75) is 19.1 Å². The van der Waals surface area contributed by atoms with Crippen molar-refractivity contribution < 1.29 is 42.1 Å². The van der Waals surface area contributed by atoms with Crippen LogP contribution in [0.1, 0.15) is 33.5 Å². The van der Waals surface area contributed by atoms with E-state index in [0.29, 0.717) is 71.2 Å². The molecule has 0 atom stereocenters. The number of thioether (sulfide) groups is 1. The van der Waals surface area contributed by atoms with Crippen molar-refractivity contribution in [3.8, 4) is 22.6 Å². The topological polar surface area (TPSA) is 91.8 Å². The van der Waals surface area contributed by atoms with Gasteiger partial charge in [0, 0.05) is 54.4 Å². The molecule has 2 aliphatic heterocycles. The number of benzene rings is 3. The predicted molar refractivity (Wildman–Crippen MR) is 195 cm³/mol. The van der Waals surface area contributed by atoms with E-state index >= 15 is 0 Å². The van der Waals surface area contributed by atoms with Crippen LogP contribution in [0.25, 0.3) is 17.2 Å². The Balaban J connectivity index is 1.31. The number of amides is 1. The SMILES string of the molecule is CN(C)CCOc1ccc(-c2cc(C(F)(F)F)ccc2Cl)cc1/C=C1\SC(=S)N(CCCOc2ccc(C(=O)O)cc2CN2CCOCC2)C1=O. The molecule has 9 nitrogen and oxygen atoms in total. The first-order valence-electron chi connectivity index (χ1n) is 16.1. The van der Waals surface area contributed by atoms with Crippen LogP contribution in [0.4, 0.5) is 13.2 Å². The number of hydrogen-bond acceptors (Lipinski definition) is 9. The lowest BCUT2D eigenvalue weighted by atomic mass is 9.99. The predicted octanol–water partition coefficient (Wildman–Crippen LogP) is 7.17. The summed E-state index contributed by atoms with van der Waals surface area (Å²) in [6.07, 6.45) is -2.47. The highest BCUT2D eigenvalue weighted by Crippen LogP contribution is 2.39. The number of likely N-dealkylation sites (N-methyl/N-ethyl adjacent to an activating group) is 1. The van der Waals surface area contributed by atoms with Gasteiger partial charge in [-0.2, -0.15) is 13.2 Å². The molecule has 0 radical (unpaired) electrons. The maximum atomic E-state index is 13.6. The molecular weight excluding hydrogens is 727 g/mol. The Labute approximate surface area is 308 Å². The summed E-state index contributed by atoms with van der Waals surface area (Å²) in [6.45, 7) is 4.66. The van der Waals surface area contributed by atoms with Crippen LogP contribution in [-0.2, 0) is 22.3 Å². The van der Waals surface area contributed by atoms with E-state index < -0.39 is 17.7 Å². The molecule has 272 valence electrons. The summed E-state index contributed by atoms with van der Waals surface area (Å²) in [5, 5.41) is 9.66. The molecular formula is C36H37ClF3N3O6S2. The van der Waals surface area contributed by atoms with E-state index in [1.165, 1.54) is 17.0 Å². The standard InChI is InChI=1S/C36H37ClF3N3O6S2/c1-41(2)11-17-49-30-8-4-23(28-21-27(36(38,39)40)6-7-29(28)37)18-25(30)20-32-33(44)43(35(50)51-32)10-3-14-48-31-9-5-24(34(45)46)19-26(31)22-42-12-15-47-16-13-42/h4-9,18-21H,3,10-17,22H2,1-2H3,(H,45,46)/b32-20-. The van der Waals surface area contributed by atoms with Gasteiger partial charge >= 0.3 is 12.1 Å². The van der Waals surface area contributed by atoms with Gasteiger partial charge < -0.3 is 24.2 Å². The number of thiocarbonyl (C=S) groups is 1. The summed E-state index contributed by atoms with van der Waals surface area (Å²) < 4.78 is 58.5. The quantitative estimate of drug-likeness (QED) is 0.104. The molecule has 3 aromatic rings. The second-order valence-electron chi connectivity index (χ2n) is 12.1. The molecule has 3 aromatic carbocycles. The summed E-state index contributed by atoms with van der Waals surface area (Å²) in [6, 6.07) is 12.9. The summed E-state index contributed by atoms with van der Waals surface area (Å²) in [4.78, 5) is 31.1. The minimum absolute atomic E-state index is 0.148. The molecule has 0 bridgehead atoms. The fourth-order valence-corrected chi connectivity index (χ4v) is 6.96. The largest absolute Gasteiger partial charge is 0.493 e. The molecule has 0 unspecified atom stereocenters. The van der Waals surface area contributed by atoms with Gasteiger partial charge in [-0.3, -0.25) is 14.6 Å². The number of carboxylic acid groups (broad SMARTS) is 1. The number of carboxylic acids is 1. The minimum Gasteiger partial charge on any atom is -0.493 e. The number of carbonyl (C=O) groups excluding carboxylic acids is 1. The van der Waals surface area contributed by atoms with Crippen molar-refractivity contribution in [1.29, 1.82) is 0 Å². The van der Waals surface area contributed by atoms with Gasteiger partial charge in [-0.15, -0.1) is 0 Å². The summed E-state index contributed by atoms with van der Waals surface area (Å²) in [5.74, 6) is -0.320. The highest BCUT2D eigenvalue weighted by Gasteiger charge is 2.33. The van der Waals surface area contributed by atoms with Crippen LogP contribution in [0.5, 0.6) is 11.5 Å². The van der Waals surface area contributed by atoms with Gasteiger partial charge in [0.15, 0.2) is 0 Å². The van der Waals surface area contributed by atoms with Gasteiger partial charge in [0.2, 0.25) is 0 Å². The zero-order chi connectivity index (χ0) is 36.7. The molecule has 15 heteroatoms. The molecule has 0 aliphatic carbocycles. The summed E-state index contributed by atoms with van der Waals surface area (Å²) >= 11 is 13.0. The number of carbonyl (C=O) groups is 2. The van der Waals surface area contributed by atoms with E-state index in [2.05, 4.69) is 4.90 Å². The second kappa shape index (κ2) is 17.2. The molecule has 5 rings (SSSR count). The Bertz CT molecular complexity index is 1800. The number of ether oxygens (including phenoxy) is 3. The van der Waals surface area contributed by atoms with Crippen LogP contribution >= 0.6 is 35.6 Å². The molecule has 0 spiro atoms. The zero-order valence-electron chi connectivity index (χ0n) is 28.0. The molecule has 2 aliphatic rings. The Morgan fingerprint density at radius 2 is 1.78 bits per heavy atom. The Hall–Kier alpha value is -3.66. The average molecular weight is 764 g/mol.